The highest BCUT2D eigenvalue weighted by Crippen LogP contribution is 2.42. The van der Waals surface area contributed by atoms with Crippen molar-refractivity contribution < 1.29 is 14.3 Å². The maximum absolute atomic E-state index is 13.0. The minimum Gasteiger partial charge on any atom is -0.462 e. The molecule has 0 spiro atoms. The van der Waals surface area contributed by atoms with Crippen LogP contribution in [0.4, 0.5) is 5.00 Å². The molecule has 0 bridgehead atoms. The van der Waals surface area contributed by atoms with Gasteiger partial charge in [0.2, 0.25) is 5.91 Å². The Morgan fingerprint density at radius 1 is 1.14 bits per heavy atom. The van der Waals surface area contributed by atoms with Gasteiger partial charge in [0.05, 0.1) is 12.4 Å². The number of thiophene rings is 2. The van der Waals surface area contributed by atoms with Crippen LogP contribution in [0.3, 0.4) is 0 Å². The van der Waals surface area contributed by atoms with Crippen LogP contribution in [0.1, 0.15) is 45.4 Å². The highest BCUT2D eigenvalue weighted by molar-refractivity contribution is 8.00. The lowest BCUT2D eigenvalue weighted by Gasteiger charge is -2.11. The van der Waals surface area contributed by atoms with Crippen molar-refractivity contribution >= 4 is 73.1 Å². The average Bonchev–Trinajstić information content (AvgIpc) is 3.41. The second-order valence-corrected chi connectivity index (χ2v) is 12.1. The Morgan fingerprint density at radius 2 is 1.92 bits per heavy atom. The SMILES string of the molecule is CCOC(=O)c1c(NC(=O)CSc2ncnc3sc4c(c23)CCCC4)sc(C)c1-c1ccc(Cl)cc1. The van der Waals surface area contributed by atoms with Gasteiger partial charge in [-0.1, -0.05) is 35.5 Å². The zero-order valence-corrected chi connectivity index (χ0v) is 23.1. The lowest BCUT2D eigenvalue weighted by atomic mass is 9.97. The summed E-state index contributed by atoms with van der Waals surface area (Å²) in [6.45, 7) is 3.93. The fourth-order valence-electron chi connectivity index (χ4n) is 4.46. The molecule has 1 aliphatic rings. The van der Waals surface area contributed by atoms with Gasteiger partial charge in [-0.2, -0.15) is 0 Å². The Morgan fingerprint density at radius 3 is 2.69 bits per heavy atom. The first-order valence-corrected chi connectivity index (χ1v) is 14.7. The summed E-state index contributed by atoms with van der Waals surface area (Å²) in [6, 6.07) is 7.29. The topological polar surface area (TPSA) is 81.2 Å². The van der Waals surface area contributed by atoms with E-state index in [0.717, 1.165) is 44.1 Å². The number of aromatic nitrogens is 2. The van der Waals surface area contributed by atoms with Gasteiger partial charge in [-0.15, -0.1) is 22.7 Å². The molecule has 4 aromatic rings. The number of hydrogen-bond donors (Lipinski definition) is 1. The minimum absolute atomic E-state index is 0.173. The van der Waals surface area contributed by atoms with E-state index in [1.54, 1.807) is 36.7 Å². The van der Waals surface area contributed by atoms with Crippen molar-refractivity contribution in [2.24, 2.45) is 0 Å². The number of carbonyl (C=O) groups excluding carboxylic acids is 2. The molecule has 0 fully saturated rings. The van der Waals surface area contributed by atoms with E-state index in [2.05, 4.69) is 15.3 Å². The maximum Gasteiger partial charge on any atom is 0.341 e. The Bertz CT molecular complexity index is 1450. The first kappa shape index (κ1) is 25.2. The third kappa shape index (κ3) is 5.02. The van der Waals surface area contributed by atoms with Crippen LogP contribution in [0.15, 0.2) is 35.6 Å². The first-order valence-electron chi connectivity index (χ1n) is 11.7. The van der Waals surface area contributed by atoms with Gasteiger partial charge >= 0.3 is 5.97 Å². The molecule has 0 atom stereocenters. The largest absolute Gasteiger partial charge is 0.462 e. The van der Waals surface area contributed by atoms with Crippen molar-refractivity contribution in [1.29, 1.82) is 0 Å². The molecule has 0 saturated carbocycles. The van der Waals surface area contributed by atoms with Crippen LogP contribution in [0.5, 0.6) is 0 Å². The van der Waals surface area contributed by atoms with E-state index in [1.807, 2.05) is 19.1 Å². The molecular weight excluding hydrogens is 534 g/mol. The Labute approximate surface area is 226 Å². The number of anilines is 1. The van der Waals surface area contributed by atoms with E-state index in [1.165, 1.54) is 46.4 Å². The average molecular weight is 558 g/mol. The zero-order valence-electron chi connectivity index (χ0n) is 19.9. The third-order valence-electron chi connectivity index (χ3n) is 6.01. The fraction of sp³-hybridized carbons (Fsp3) is 0.308. The Hall–Kier alpha value is -2.46. The Balaban J connectivity index is 1.39. The van der Waals surface area contributed by atoms with Crippen LogP contribution >= 0.6 is 46.0 Å². The number of benzene rings is 1. The van der Waals surface area contributed by atoms with Gasteiger partial charge in [-0.3, -0.25) is 4.79 Å². The second-order valence-electron chi connectivity index (χ2n) is 8.37. The van der Waals surface area contributed by atoms with E-state index in [-0.39, 0.29) is 18.3 Å². The monoisotopic (exact) mass is 557 g/mol. The predicted molar refractivity (Wildman–Crippen MR) is 149 cm³/mol. The molecule has 1 amide bonds. The number of carbonyl (C=O) groups is 2. The summed E-state index contributed by atoms with van der Waals surface area (Å²) in [4.78, 5) is 38.3. The van der Waals surface area contributed by atoms with Crippen molar-refractivity contribution in [3.63, 3.8) is 0 Å². The molecule has 0 unspecified atom stereocenters. The van der Waals surface area contributed by atoms with Crippen LogP contribution < -0.4 is 5.32 Å². The molecule has 0 saturated heterocycles. The van der Waals surface area contributed by atoms with Gasteiger partial charge in [0, 0.05) is 25.7 Å². The summed E-state index contributed by atoms with van der Waals surface area (Å²) in [7, 11) is 0. The van der Waals surface area contributed by atoms with Crippen molar-refractivity contribution in [2.75, 3.05) is 17.7 Å². The third-order valence-corrected chi connectivity index (χ3v) is 9.47. The van der Waals surface area contributed by atoms with Gasteiger partial charge in [0.1, 0.15) is 26.7 Å². The summed E-state index contributed by atoms with van der Waals surface area (Å²) >= 11 is 10.6. The van der Waals surface area contributed by atoms with E-state index in [4.69, 9.17) is 16.3 Å². The lowest BCUT2D eigenvalue weighted by molar-refractivity contribution is -0.113. The number of ether oxygens (including phenoxy) is 1. The molecular formula is C26H24ClN3O3S3. The predicted octanol–water partition coefficient (Wildman–Crippen LogP) is 7.17. The molecule has 1 aromatic carbocycles. The molecule has 0 aliphatic heterocycles. The van der Waals surface area contributed by atoms with Gasteiger partial charge < -0.3 is 10.1 Å². The molecule has 1 aliphatic carbocycles. The van der Waals surface area contributed by atoms with Gasteiger partial charge in [-0.25, -0.2) is 14.8 Å². The van der Waals surface area contributed by atoms with Crippen LogP contribution in [-0.2, 0) is 22.4 Å². The standard InChI is InChI=1S/C26H24ClN3O3S3/c1-3-33-26(32)22-20(15-8-10-16(27)11-9-15)14(2)35-25(22)30-19(31)12-34-23-21-17-6-4-5-7-18(17)36-24(21)29-13-28-23/h8-11,13H,3-7,12H2,1-2H3,(H,30,31). The summed E-state index contributed by atoms with van der Waals surface area (Å²) in [5, 5.41) is 5.99. The van der Waals surface area contributed by atoms with E-state index in [0.29, 0.717) is 15.6 Å². The minimum atomic E-state index is -0.461. The number of thioether (sulfide) groups is 1. The Kier molecular flexibility index (Phi) is 7.62. The van der Waals surface area contributed by atoms with Crippen molar-refractivity contribution in [1.82, 2.24) is 9.97 Å². The van der Waals surface area contributed by atoms with Gasteiger partial charge in [-0.05, 0) is 62.8 Å². The number of rotatable bonds is 7. The number of nitrogens with one attached hydrogen (secondary N) is 1. The van der Waals surface area contributed by atoms with Gasteiger partial charge in [0.15, 0.2) is 0 Å². The van der Waals surface area contributed by atoms with Gasteiger partial charge in [0.25, 0.3) is 0 Å². The van der Waals surface area contributed by atoms with Crippen LogP contribution in [0.25, 0.3) is 21.3 Å². The molecule has 6 nitrogen and oxygen atoms in total. The van der Waals surface area contributed by atoms with Crippen molar-refractivity contribution in [3.05, 3.63) is 56.5 Å². The van der Waals surface area contributed by atoms with Crippen LogP contribution in [-0.4, -0.2) is 34.2 Å². The first-order chi connectivity index (χ1) is 17.5. The van der Waals surface area contributed by atoms with E-state index in [9.17, 15) is 9.59 Å². The number of aryl methyl sites for hydroxylation is 3. The molecule has 0 radical (unpaired) electrons. The number of fused-ring (bicyclic) bond motifs is 3. The normalized spacial score (nSPS) is 13.0. The molecule has 10 heteroatoms. The molecule has 186 valence electrons. The highest BCUT2D eigenvalue weighted by atomic mass is 35.5. The van der Waals surface area contributed by atoms with Crippen LogP contribution in [0, 0.1) is 6.92 Å². The number of nitrogens with zero attached hydrogens (tertiary/aromatic N) is 2. The van der Waals surface area contributed by atoms with Crippen LogP contribution in [0.2, 0.25) is 5.02 Å². The molecule has 3 heterocycles. The lowest BCUT2D eigenvalue weighted by Crippen LogP contribution is -2.16. The summed E-state index contributed by atoms with van der Waals surface area (Å²) in [5.41, 5.74) is 3.31. The molecule has 1 N–H and O–H groups in total. The molecule has 5 rings (SSSR count). The number of halogens is 1. The summed E-state index contributed by atoms with van der Waals surface area (Å²) in [6.07, 6.45) is 6.07. The number of hydrogen-bond acceptors (Lipinski definition) is 8. The summed E-state index contributed by atoms with van der Waals surface area (Å²) < 4.78 is 5.34. The molecule has 3 aromatic heterocycles. The summed E-state index contributed by atoms with van der Waals surface area (Å²) in [5.74, 6) is -0.492. The smallest absolute Gasteiger partial charge is 0.341 e. The fourth-order valence-corrected chi connectivity index (χ4v) is 7.79. The van der Waals surface area contributed by atoms with E-state index >= 15 is 0 Å². The van der Waals surface area contributed by atoms with Crippen molar-refractivity contribution in [3.8, 4) is 11.1 Å². The van der Waals surface area contributed by atoms with Crippen molar-refractivity contribution in [2.45, 2.75) is 44.6 Å². The number of amides is 1. The quantitative estimate of drug-likeness (QED) is 0.147. The van der Waals surface area contributed by atoms with E-state index < -0.39 is 5.97 Å². The zero-order chi connectivity index (χ0) is 25.2. The second kappa shape index (κ2) is 10.9. The number of esters is 1. The maximum atomic E-state index is 13.0. The highest BCUT2D eigenvalue weighted by Gasteiger charge is 2.26. The molecule has 36 heavy (non-hydrogen) atoms.